The van der Waals surface area contributed by atoms with Gasteiger partial charge in [0.2, 0.25) is 0 Å². The number of benzene rings is 2. The highest BCUT2D eigenvalue weighted by atomic mass is 32.2. The summed E-state index contributed by atoms with van der Waals surface area (Å²) in [6.07, 6.45) is 0.811. The molecular weight excluding hydrogens is 290 g/mol. The summed E-state index contributed by atoms with van der Waals surface area (Å²) in [7, 11) is -1.96. The first-order valence-corrected chi connectivity index (χ1v) is 8.21. The maximum atomic E-state index is 12.5. The summed E-state index contributed by atoms with van der Waals surface area (Å²) >= 11 is 4.37. The lowest BCUT2D eigenvalue weighted by molar-refractivity contribution is 0.594. The molecular formula is C15H17NO2S2. The van der Waals surface area contributed by atoms with Crippen LogP contribution in [0.5, 0.6) is 0 Å². The Morgan fingerprint density at radius 1 is 1.10 bits per heavy atom. The molecule has 0 aliphatic heterocycles. The largest absolute Gasteiger partial charge is 0.269 e. The van der Waals surface area contributed by atoms with Gasteiger partial charge in [-0.25, -0.2) is 8.42 Å². The zero-order chi connectivity index (χ0) is 14.8. The minimum atomic E-state index is -3.52. The summed E-state index contributed by atoms with van der Waals surface area (Å²) in [6, 6.07) is 13.9. The van der Waals surface area contributed by atoms with Gasteiger partial charge in [0.15, 0.2) is 0 Å². The molecule has 0 heterocycles. The summed E-state index contributed by atoms with van der Waals surface area (Å²) in [5.41, 5.74) is 1.67. The number of hydrogen-bond acceptors (Lipinski definition) is 3. The van der Waals surface area contributed by atoms with Gasteiger partial charge in [-0.1, -0.05) is 25.1 Å². The third kappa shape index (κ3) is 2.83. The summed E-state index contributed by atoms with van der Waals surface area (Å²) < 4.78 is 26.3. The predicted molar refractivity (Wildman–Crippen MR) is 85.1 cm³/mol. The third-order valence-corrected chi connectivity index (χ3v) is 5.45. The Morgan fingerprint density at radius 3 is 2.35 bits per heavy atom. The van der Waals surface area contributed by atoms with Crippen molar-refractivity contribution in [3.63, 3.8) is 0 Å². The monoisotopic (exact) mass is 307 g/mol. The van der Waals surface area contributed by atoms with E-state index in [9.17, 15) is 8.42 Å². The molecule has 0 unspecified atom stereocenters. The Bertz CT molecular complexity index is 697. The van der Waals surface area contributed by atoms with E-state index in [0.29, 0.717) is 5.69 Å². The molecule has 0 amide bonds. The van der Waals surface area contributed by atoms with Crippen LogP contribution in [0.25, 0.3) is 0 Å². The smallest absolute Gasteiger partial charge is 0.264 e. The molecule has 0 atom stereocenters. The van der Waals surface area contributed by atoms with Crippen LogP contribution >= 0.6 is 12.6 Å². The molecule has 0 saturated carbocycles. The van der Waals surface area contributed by atoms with E-state index in [4.69, 9.17) is 0 Å². The fourth-order valence-corrected chi connectivity index (χ4v) is 3.45. The molecule has 0 aromatic heterocycles. The zero-order valence-corrected chi connectivity index (χ0v) is 13.2. The van der Waals surface area contributed by atoms with Gasteiger partial charge < -0.3 is 0 Å². The lowest BCUT2D eigenvalue weighted by atomic mass is 10.1. The first-order valence-electron chi connectivity index (χ1n) is 6.32. The van der Waals surface area contributed by atoms with E-state index in [0.717, 1.165) is 16.9 Å². The topological polar surface area (TPSA) is 37.4 Å². The average Bonchev–Trinajstić information content (AvgIpc) is 2.48. The van der Waals surface area contributed by atoms with E-state index in [1.54, 1.807) is 43.4 Å². The second-order valence-electron chi connectivity index (χ2n) is 4.45. The van der Waals surface area contributed by atoms with Crippen LogP contribution in [0.1, 0.15) is 12.5 Å². The highest BCUT2D eigenvalue weighted by Crippen LogP contribution is 2.26. The van der Waals surface area contributed by atoms with Crippen molar-refractivity contribution in [2.45, 2.75) is 23.1 Å². The Balaban J connectivity index is 2.43. The van der Waals surface area contributed by atoms with Crippen LogP contribution in [0.15, 0.2) is 58.3 Å². The summed E-state index contributed by atoms with van der Waals surface area (Å²) in [4.78, 5) is 1.16. The van der Waals surface area contributed by atoms with Crippen LogP contribution in [-0.4, -0.2) is 15.5 Å². The Hall–Kier alpha value is -1.46. The van der Waals surface area contributed by atoms with Gasteiger partial charge in [0.25, 0.3) is 10.0 Å². The fourth-order valence-electron chi connectivity index (χ4n) is 1.94. The number of anilines is 1. The third-order valence-electron chi connectivity index (χ3n) is 3.21. The molecule has 2 rings (SSSR count). The highest BCUT2D eigenvalue weighted by Gasteiger charge is 2.21. The van der Waals surface area contributed by atoms with Gasteiger partial charge in [0, 0.05) is 11.9 Å². The van der Waals surface area contributed by atoms with Crippen molar-refractivity contribution in [3.8, 4) is 0 Å². The zero-order valence-electron chi connectivity index (χ0n) is 11.4. The van der Waals surface area contributed by atoms with Gasteiger partial charge in [0.05, 0.1) is 10.6 Å². The Kier molecular flexibility index (Phi) is 4.40. The predicted octanol–water partition coefficient (Wildman–Crippen LogP) is 3.36. The van der Waals surface area contributed by atoms with Gasteiger partial charge in [-0.2, -0.15) is 0 Å². The lowest BCUT2D eigenvalue weighted by Crippen LogP contribution is -2.26. The molecule has 0 saturated heterocycles. The number of rotatable bonds is 4. The average molecular weight is 307 g/mol. The Morgan fingerprint density at radius 2 is 1.75 bits per heavy atom. The van der Waals surface area contributed by atoms with E-state index in [2.05, 4.69) is 12.6 Å². The van der Waals surface area contributed by atoms with Crippen LogP contribution in [0, 0.1) is 0 Å². The molecule has 3 nitrogen and oxygen atoms in total. The minimum Gasteiger partial charge on any atom is -0.269 e. The fraction of sp³-hybridized carbons (Fsp3) is 0.200. The number of nitrogens with zero attached hydrogens (tertiary/aromatic N) is 1. The number of sulfonamides is 1. The van der Waals surface area contributed by atoms with Crippen molar-refractivity contribution in [2.24, 2.45) is 0 Å². The standard InChI is InChI=1S/C15H17NO2S2/c1-3-12-11-13(9-10-15(12)19)16(2)20(17,18)14-7-5-4-6-8-14/h4-11,19H,3H2,1-2H3. The molecule has 0 aliphatic carbocycles. The van der Waals surface area contributed by atoms with Crippen molar-refractivity contribution >= 4 is 28.3 Å². The normalized spacial score (nSPS) is 11.3. The van der Waals surface area contributed by atoms with Crippen LogP contribution in [0.3, 0.4) is 0 Å². The van der Waals surface area contributed by atoms with Gasteiger partial charge in [-0.3, -0.25) is 4.31 Å². The van der Waals surface area contributed by atoms with Gasteiger partial charge in [0.1, 0.15) is 0 Å². The van der Waals surface area contributed by atoms with Crippen molar-refractivity contribution < 1.29 is 8.42 Å². The number of thiol groups is 1. The van der Waals surface area contributed by atoms with E-state index in [1.165, 1.54) is 4.31 Å². The van der Waals surface area contributed by atoms with Crippen LogP contribution in [0.2, 0.25) is 0 Å². The van der Waals surface area contributed by atoms with Gasteiger partial charge in [-0.05, 0) is 42.3 Å². The lowest BCUT2D eigenvalue weighted by Gasteiger charge is -2.20. The first kappa shape index (κ1) is 14.9. The molecule has 20 heavy (non-hydrogen) atoms. The number of hydrogen-bond donors (Lipinski definition) is 1. The molecule has 2 aromatic carbocycles. The first-order chi connectivity index (χ1) is 9.46. The summed E-state index contributed by atoms with van der Waals surface area (Å²) in [5.74, 6) is 0. The summed E-state index contributed by atoms with van der Waals surface area (Å²) in [6.45, 7) is 2.02. The Labute approximate surface area is 125 Å². The van der Waals surface area contributed by atoms with Crippen LogP contribution in [-0.2, 0) is 16.4 Å². The van der Waals surface area contributed by atoms with Crippen molar-refractivity contribution in [1.29, 1.82) is 0 Å². The molecule has 0 bridgehead atoms. The van der Waals surface area contributed by atoms with Crippen LogP contribution < -0.4 is 4.31 Å². The molecule has 0 spiro atoms. The van der Waals surface area contributed by atoms with Crippen molar-refractivity contribution in [3.05, 3.63) is 54.1 Å². The maximum Gasteiger partial charge on any atom is 0.264 e. The van der Waals surface area contributed by atoms with E-state index < -0.39 is 10.0 Å². The van der Waals surface area contributed by atoms with Crippen molar-refractivity contribution in [1.82, 2.24) is 0 Å². The van der Waals surface area contributed by atoms with E-state index in [1.807, 2.05) is 19.1 Å². The second-order valence-corrected chi connectivity index (χ2v) is 6.90. The molecule has 2 aromatic rings. The van der Waals surface area contributed by atoms with Crippen molar-refractivity contribution in [2.75, 3.05) is 11.4 Å². The van der Waals surface area contributed by atoms with E-state index >= 15 is 0 Å². The van der Waals surface area contributed by atoms with Gasteiger partial charge in [-0.15, -0.1) is 12.6 Å². The maximum absolute atomic E-state index is 12.5. The second kappa shape index (κ2) is 5.89. The quantitative estimate of drug-likeness (QED) is 0.880. The van der Waals surface area contributed by atoms with E-state index in [-0.39, 0.29) is 4.90 Å². The molecule has 0 radical (unpaired) electrons. The molecule has 106 valence electrons. The van der Waals surface area contributed by atoms with Gasteiger partial charge >= 0.3 is 0 Å². The minimum absolute atomic E-state index is 0.287. The highest BCUT2D eigenvalue weighted by molar-refractivity contribution is 7.92. The van der Waals surface area contributed by atoms with Crippen LogP contribution in [0.4, 0.5) is 5.69 Å². The molecule has 0 N–H and O–H groups in total. The summed E-state index contributed by atoms with van der Waals surface area (Å²) in [5, 5.41) is 0. The molecule has 0 fully saturated rings. The number of aryl methyl sites for hydroxylation is 1. The SMILES string of the molecule is CCc1cc(N(C)S(=O)(=O)c2ccccc2)ccc1S. The molecule has 0 aliphatic rings. The molecule has 5 heteroatoms.